The predicted molar refractivity (Wildman–Crippen MR) is 96.9 cm³/mol. The molecule has 23 heavy (non-hydrogen) atoms. The van der Waals surface area contributed by atoms with Crippen molar-refractivity contribution in [2.24, 2.45) is 5.92 Å². The molecular weight excluding hydrogens is 308 g/mol. The Kier molecular flexibility index (Phi) is 5.67. The van der Waals surface area contributed by atoms with Gasteiger partial charge in [-0.05, 0) is 49.4 Å². The Labute approximate surface area is 143 Å². The Bertz CT molecular complexity index is 659. The number of likely N-dealkylation sites (tertiary alicyclic amines) is 1. The Morgan fingerprint density at radius 3 is 2.61 bits per heavy atom. The molecule has 1 aliphatic heterocycles. The second kappa shape index (κ2) is 7.51. The molecular formula is C19H23ClN2O. The molecule has 1 fully saturated rings. The number of carbonyl (C=O) groups excluding carboxylic acids is 1. The van der Waals surface area contributed by atoms with E-state index in [1.165, 1.54) is 5.56 Å². The lowest BCUT2D eigenvalue weighted by Crippen LogP contribution is -2.36. The number of carbonyl (C=O) groups is 1. The molecule has 2 atom stereocenters. The van der Waals surface area contributed by atoms with Crippen LogP contribution in [0, 0.1) is 5.92 Å². The van der Waals surface area contributed by atoms with Crippen molar-refractivity contribution in [3.63, 3.8) is 0 Å². The fourth-order valence-electron chi connectivity index (χ4n) is 3.32. The number of anilines is 1. The summed E-state index contributed by atoms with van der Waals surface area (Å²) in [5, 5.41) is 0. The fourth-order valence-corrected chi connectivity index (χ4v) is 3.32. The first-order valence-electron chi connectivity index (χ1n) is 7.85. The summed E-state index contributed by atoms with van der Waals surface area (Å²) in [7, 11) is 0. The van der Waals surface area contributed by atoms with Gasteiger partial charge in [-0.3, -0.25) is 4.79 Å². The molecule has 2 aromatic rings. The highest BCUT2D eigenvalue weighted by Crippen LogP contribution is 2.29. The minimum atomic E-state index is 0. The van der Waals surface area contributed by atoms with Gasteiger partial charge in [0.25, 0.3) is 5.91 Å². The maximum absolute atomic E-state index is 12.7. The number of nitrogen functional groups attached to an aromatic ring is 1. The van der Waals surface area contributed by atoms with Crippen LogP contribution in [0.5, 0.6) is 0 Å². The predicted octanol–water partition coefficient (Wildman–Crippen LogP) is 3.78. The van der Waals surface area contributed by atoms with E-state index in [1.54, 1.807) is 6.07 Å². The van der Waals surface area contributed by atoms with Crippen molar-refractivity contribution in [2.75, 3.05) is 12.3 Å². The van der Waals surface area contributed by atoms with E-state index in [0.717, 1.165) is 19.4 Å². The SMILES string of the molecule is CC1C(Cc2ccccc2)CCN1C(=O)c1cccc(N)c1.Cl. The molecule has 0 bridgehead atoms. The smallest absolute Gasteiger partial charge is 0.254 e. The molecule has 0 saturated carbocycles. The van der Waals surface area contributed by atoms with Gasteiger partial charge in [-0.25, -0.2) is 0 Å². The average molecular weight is 331 g/mol. The summed E-state index contributed by atoms with van der Waals surface area (Å²) in [6.45, 7) is 2.98. The van der Waals surface area contributed by atoms with E-state index in [-0.39, 0.29) is 24.4 Å². The molecule has 2 aromatic carbocycles. The zero-order valence-corrected chi connectivity index (χ0v) is 14.1. The van der Waals surface area contributed by atoms with E-state index in [2.05, 4.69) is 31.2 Å². The number of rotatable bonds is 3. The van der Waals surface area contributed by atoms with Crippen molar-refractivity contribution in [3.8, 4) is 0 Å². The normalized spacial score (nSPS) is 20.1. The van der Waals surface area contributed by atoms with Crippen molar-refractivity contribution in [1.82, 2.24) is 4.90 Å². The number of nitrogens with zero attached hydrogens (tertiary/aromatic N) is 1. The van der Waals surface area contributed by atoms with E-state index in [0.29, 0.717) is 17.2 Å². The molecule has 2 N–H and O–H groups in total. The first-order chi connectivity index (χ1) is 10.6. The van der Waals surface area contributed by atoms with Crippen LogP contribution in [-0.2, 0) is 6.42 Å². The Morgan fingerprint density at radius 2 is 1.91 bits per heavy atom. The monoisotopic (exact) mass is 330 g/mol. The largest absolute Gasteiger partial charge is 0.399 e. The lowest BCUT2D eigenvalue weighted by Gasteiger charge is -2.25. The quantitative estimate of drug-likeness (QED) is 0.870. The van der Waals surface area contributed by atoms with Crippen molar-refractivity contribution < 1.29 is 4.79 Å². The van der Waals surface area contributed by atoms with Gasteiger partial charge in [0.1, 0.15) is 0 Å². The Balaban J connectivity index is 0.00000192. The standard InChI is InChI=1S/C19H22N2O.ClH/c1-14-16(12-15-6-3-2-4-7-15)10-11-21(14)19(22)17-8-5-9-18(20)13-17;/h2-9,13-14,16H,10-12,20H2,1H3;1H. The fraction of sp³-hybridized carbons (Fsp3) is 0.316. The number of amides is 1. The van der Waals surface area contributed by atoms with Crippen molar-refractivity contribution in [3.05, 3.63) is 65.7 Å². The first kappa shape index (κ1) is 17.4. The third-order valence-corrected chi connectivity index (χ3v) is 4.65. The zero-order valence-electron chi connectivity index (χ0n) is 13.3. The van der Waals surface area contributed by atoms with Gasteiger partial charge in [-0.1, -0.05) is 36.4 Å². The summed E-state index contributed by atoms with van der Waals surface area (Å²) in [4.78, 5) is 14.7. The van der Waals surface area contributed by atoms with Gasteiger partial charge in [0, 0.05) is 23.8 Å². The van der Waals surface area contributed by atoms with Gasteiger partial charge < -0.3 is 10.6 Å². The Hall–Kier alpha value is -2.00. The van der Waals surface area contributed by atoms with Crippen LogP contribution in [0.3, 0.4) is 0 Å². The van der Waals surface area contributed by atoms with Crippen molar-refractivity contribution in [1.29, 1.82) is 0 Å². The molecule has 1 aliphatic rings. The van der Waals surface area contributed by atoms with Crippen LogP contribution in [0.4, 0.5) is 5.69 Å². The average Bonchev–Trinajstić information content (AvgIpc) is 2.89. The van der Waals surface area contributed by atoms with Gasteiger partial charge in [0.05, 0.1) is 0 Å². The highest BCUT2D eigenvalue weighted by atomic mass is 35.5. The molecule has 0 radical (unpaired) electrons. The maximum Gasteiger partial charge on any atom is 0.254 e. The number of benzene rings is 2. The number of nitrogens with two attached hydrogens (primary N) is 1. The molecule has 1 amide bonds. The van der Waals surface area contributed by atoms with Crippen LogP contribution in [-0.4, -0.2) is 23.4 Å². The Morgan fingerprint density at radius 1 is 1.17 bits per heavy atom. The summed E-state index contributed by atoms with van der Waals surface area (Å²) in [5.41, 5.74) is 8.46. The first-order valence-corrected chi connectivity index (χ1v) is 7.85. The lowest BCUT2D eigenvalue weighted by atomic mass is 9.93. The third kappa shape index (κ3) is 3.85. The summed E-state index contributed by atoms with van der Waals surface area (Å²) in [6, 6.07) is 18.0. The molecule has 0 spiro atoms. The van der Waals surface area contributed by atoms with E-state index in [9.17, 15) is 4.79 Å². The summed E-state index contributed by atoms with van der Waals surface area (Å²) in [5.74, 6) is 0.614. The highest BCUT2D eigenvalue weighted by molar-refractivity contribution is 5.95. The van der Waals surface area contributed by atoms with E-state index >= 15 is 0 Å². The van der Waals surface area contributed by atoms with E-state index < -0.39 is 0 Å². The lowest BCUT2D eigenvalue weighted by molar-refractivity contribution is 0.0732. The zero-order chi connectivity index (χ0) is 15.5. The molecule has 3 nitrogen and oxygen atoms in total. The van der Waals surface area contributed by atoms with E-state index in [4.69, 9.17) is 5.73 Å². The van der Waals surface area contributed by atoms with Crippen LogP contribution in [0.1, 0.15) is 29.3 Å². The molecule has 0 aromatic heterocycles. The third-order valence-electron chi connectivity index (χ3n) is 4.65. The minimum Gasteiger partial charge on any atom is -0.399 e. The second-order valence-electron chi connectivity index (χ2n) is 6.10. The van der Waals surface area contributed by atoms with Gasteiger partial charge in [-0.2, -0.15) is 0 Å². The summed E-state index contributed by atoms with van der Waals surface area (Å²) < 4.78 is 0. The van der Waals surface area contributed by atoms with Crippen molar-refractivity contribution in [2.45, 2.75) is 25.8 Å². The number of hydrogen-bond donors (Lipinski definition) is 1. The maximum atomic E-state index is 12.7. The molecule has 1 heterocycles. The van der Waals surface area contributed by atoms with Crippen LogP contribution >= 0.6 is 12.4 Å². The van der Waals surface area contributed by atoms with Crippen LogP contribution in [0.15, 0.2) is 54.6 Å². The minimum absolute atomic E-state index is 0. The van der Waals surface area contributed by atoms with Crippen LogP contribution in [0.25, 0.3) is 0 Å². The molecule has 0 aliphatic carbocycles. The van der Waals surface area contributed by atoms with Gasteiger partial charge >= 0.3 is 0 Å². The van der Waals surface area contributed by atoms with Gasteiger partial charge in [0.15, 0.2) is 0 Å². The summed E-state index contributed by atoms with van der Waals surface area (Å²) in [6.07, 6.45) is 2.09. The van der Waals surface area contributed by atoms with Crippen LogP contribution < -0.4 is 5.73 Å². The van der Waals surface area contributed by atoms with E-state index in [1.807, 2.05) is 29.2 Å². The summed E-state index contributed by atoms with van der Waals surface area (Å²) >= 11 is 0. The second-order valence-corrected chi connectivity index (χ2v) is 6.10. The molecule has 4 heteroatoms. The van der Waals surface area contributed by atoms with Crippen molar-refractivity contribution >= 4 is 24.0 Å². The van der Waals surface area contributed by atoms with Crippen LogP contribution in [0.2, 0.25) is 0 Å². The van der Waals surface area contributed by atoms with Gasteiger partial charge in [0.2, 0.25) is 0 Å². The molecule has 122 valence electrons. The van der Waals surface area contributed by atoms with Gasteiger partial charge in [-0.15, -0.1) is 12.4 Å². The highest BCUT2D eigenvalue weighted by Gasteiger charge is 2.34. The number of hydrogen-bond acceptors (Lipinski definition) is 2. The topological polar surface area (TPSA) is 46.3 Å². The number of halogens is 1. The molecule has 1 saturated heterocycles. The molecule has 2 unspecified atom stereocenters. The molecule has 3 rings (SSSR count).